The number of rotatable bonds is 2. The zero-order valence-corrected chi connectivity index (χ0v) is 8.52. The molecular formula is C13H13NO. The Labute approximate surface area is 88.2 Å². The fraction of sp³-hybridized carbons (Fsp3) is 0.308. The fourth-order valence-electron chi connectivity index (χ4n) is 2.00. The first-order valence-electron chi connectivity index (χ1n) is 5.43. The molecule has 1 aliphatic carbocycles. The highest BCUT2D eigenvalue weighted by Crippen LogP contribution is 2.31. The molecule has 0 spiro atoms. The summed E-state index contributed by atoms with van der Waals surface area (Å²) in [5.74, 6) is 0.830. The Hall–Kier alpha value is -1.57. The number of fused-ring (bicyclic) bond motifs is 1. The summed E-state index contributed by atoms with van der Waals surface area (Å²) >= 11 is 0. The molecule has 2 aromatic rings. The van der Waals surface area contributed by atoms with Crippen molar-refractivity contribution in [2.45, 2.75) is 19.4 Å². The summed E-state index contributed by atoms with van der Waals surface area (Å²) in [6.45, 7) is 1.06. The third-order valence-electron chi connectivity index (χ3n) is 3.04. The van der Waals surface area contributed by atoms with Gasteiger partial charge in [0.25, 0.3) is 0 Å². The van der Waals surface area contributed by atoms with Gasteiger partial charge in [0, 0.05) is 24.2 Å². The average Bonchev–Trinajstić information content (AvgIpc) is 3.07. The predicted octanol–water partition coefficient (Wildman–Crippen LogP) is 2.41. The van der Waals surface area contributed by atoms with Gasteiger partial charge in [-0.05, 0) is 30.9 Å². The Morgan fingerprint density at radius 1 is 1.20 bits per heavy atom. The van der Waals surface area contributed by atoms with Crippen molar-refractivity contribution in [3.63, 3.8) is 0 Å². The van der Waals surface area contributed by atoms with Crippen LogP contribution in [0.25, 0.3) is 10.9 Å². The van der Waals surface area contributed by atoms with Gasteiger partial charge >= 0.3 is 0 Å². The molecule has 76 valence electrons. The van der Waals surface area contributed by atoms with Crippen molar-refractivity contribution in [1.29, 1.82) is 0 Å². The molecule has 1 aliphatic rings. The van der Waals surface area contributed by atoms with E-state index < -0.39 is 0 Å². The van der Waals surface area contributed by atoms with Crippen LogP contribution in [0.4, 0.5) is 0 Å². The Balaban J connectivity index is 2.20. The minimum absolute atomic E-state index is 0.123. The van der Waals surface area contributed by atoms with E-state index in [1.807, 2.05) is 30.5 Å². The van der Waals surface area contributed by atoms with Crippen molar-refractivity contribution in [3.8, 4) is 0 Å². The number of benzene rings is 1. The molecule has 1 fully saturated rings. The number of pyridine rings is 1. The zero-order chi connectivity index (χ0) is 10.3. The quantitative estimate of drug-likeness (QED) is 0.728. The summed E-state index contributed by atoms with van der Waals surface area (Å²) in [6.07, 6.45) is 4.59. The number of para-hydroxylation sites is 1. The molecule has 1 aromatic heterocycles. The van der Waals surface area contributed by atoms with E-state index in [0.29, 0.717) is 0 Å². The largest absolute Gasteiger partial charge is 0.347 e. The van der Waals surface area contributed by atoms with E-state index >= 15 is 0 Å². The summed E-state index contributed by atoms with van der Waals surface area (Å²) in [6, 6.07) is 9.52. The van der Waals surface area contributed by atoms with Crippen molar-refractivity contribution >= 4 is 10.9 Å². The summed E-state index contributed by atoms with van der Waals surface area (Å²) in [4.78, 5) is 11.6. The van der Waals surface area contributed by atoms with E-state index in [2.05, 4.69) is 4.57 Å². The maximum absolute atomic E-state index is 11.6. The lowest BCUT2D eigenvalue weighted by Crippen LogP contribution is -2.08. The molecule has 0 radical (unpaired) electrons. The van der Waals surface area contributed by atoms with E-state index in [0.717, 1.165) is 23.4 Å². The number of hydrogen-bond donors (Lipinski definition) is 0. The van der Waals surface area contributed by atoms with Crippen LogP contribution in [0.2, 0.25) is 0 Å². The predicted molar refractivity (Wildman–Crippen MR) is 60.9 cm³/mol. The van der Waals surface area contributed by atoms with Gasteiger partial charge in [0.05, 0.1) is 5.52 Å². The number of aromatic nitrogens is 1. The van der Waals surface area contributed by atoms with Gasteiger partial charge < -0.3 is 4.57 Å². The molecule has 1 aromatic carbocycles. The Morgan fingerprint density at radius 3 is 2.80 bits per heavy atom. The third-order valence-corrected chi connectivity index (χ3v) is 3.04. The van der Waals surface area contributed by atoms with Gasteiger partial charge in [0.2, 0.25) is 0 Å². The summed E-state index contributed by atoms with van der Waals surface area (Å²) in [5.41, 5.74) is 1.19. The molecule has 2 heteroatoms. The molecule has 2 nitrogen and oxygen atoms in total. The van der Waals surface area contributed by atoms with E-state index in [4.69, 9.17) is 0 Å². The van der Waals surface area contributed by atoms with Crippen LogP contribution in [0.3, 0.4) is 0 Å². The van der Waals surface area contributed by atoms with Gasteiger partial charge in [-0.15, -0.1) is 0 Å². The van der Waals surface area contributed by atoms with E-state index in [-0.39, 0.29) is 5.43 Å². The molecule has 0 amide bonds. The van der Waals surface area contributed by atoms with Gasteiger partial charge in [-0.2, -0.15) is 0 Å². The molecule has 0 atom stereocenters. The van der Waals surface area contributed by atoms with Crippen molar-refractivity contribution in [1.82, 2.24) is 4.57 Å². The van der Waals surface area contributed by atoms with Gasteiger partial charge in [-0.25, -0.2) is 0 Å². The SMILES string of the molecule is O=c1ccn(CC2CC2)c2ccccc12. The second-order valence-electron chi connectivity index (χ2n) is 4.29. The number of nitrogens with zero attached hydrogens (tertiary/aromatic N) is 1. The summed E-state index contributed by atoms with van der Waals surface area (Å²) < 4.78 is 2.20. The van der Waals surface area contributed by atoms with E-state index in [9.17, 15) is 4.79 Å². The van der Waals surface area contributed by atoms with E-state index in [1.54, 1.807) is 6.07 Å². The van der Waals surface area contributed by atoms with Crippen LogP contribution in [-0.4, -0.2) is 4.57 Å². The van der Waals surface area contributed by atoms with Crippen molar-refractivity contribution in [2.75, 3.05) is 0 Å². The van der Waals surface area contributed by atoms with Crippen LogP contribution in [-0.2, 0) is 6.54 Å². The maximum Gasteiger partial charge on any atom is 0.189 e. The maximum atomic E-state index is 11.6. The molecule has 1 saturated carbocycles. The highest BCUT2D eigenvalue weighted by Gasteiger charge is 2.21. The monoisotopic (exact) mass is 199 g/mol. The normalized spacial score (nSPS) is 15.7. The van der Waals surface area contributed by atoms with Crippen LogP contribution >= 0.6 is 0 Å². The second kappa shape index (κ2) is 3.23. The van der Waals surface area contributed by atoms with E-state index in [1.165, 1.54) is 12.8 Å². The molecule has 15 heavy (non-hydrogen) atoms. The van der Waals surface area contributed by atoms with Crippen LogP contribution in [0.15, 0.2) is 41.3 Å². The van der Waals surface area contributed by atoms with Crippen LogP contribution in [0, 0.1) is 5.92 Å². The molecular weight excluding hydrogens is 186 g/mol. The first-order valence-corrected chi connectivity index (χ1v) is 5.43. The van der Waals surface area contributed by atoms with Gasteiger partial charge in [-0.3, -0.25) is 4.79 Å². The lowest BCUT2D eigenvalue weighted by Gasteiger charge is -2.09. The summed E-state index contributed by atoms with van der Waals surface area (Å²) in [7, 11) is 0. The lowest BCUT2D eigenvalue weighted by molar-refractivity contribution is 0.642. The molecule has 0 aliphatic heterocycles. The first-order chi connectivity index (χ1) is 7.34. The standard InChI is InChI=1S/C13H13NO/c15-13-7-8-14(9-10-5-6-10)12-4-2-1-3-11(12)13/h1-4,7-8,10H,5-6,9H2. The van der Waals surface area contributed by atoms with Crippen LogP contribution < -0.4 is 5.43 Å². The molecule has 0 N–H and O–H groups in total. The second-order valence-corrected chi connectivity index (χ2v) is 4.29. The summed E-state index contributed by atoms with van der Waals surface area (Å²) in [5, 5.41) is 0.834. The highest BCUT2D eigenvalue weighted by molar-refractivity contribution is 5.78. The lowest BCUT2D eigenvalue weighted by atomic mass is 10.2. The fourth-order valence-corrected chi connectivity index (χ4v) is 2.00. The Bertz CT molecular complexity index is 552. The van der Waals surface area contributed by atoms with Crippen LogP contribution in [0.5, 0.6) is 0 Å². The third kappa shape index (κ3) is 1.56. The minimum atomic E-state index is 0.123. The molecule has 0 bridgehead atoms. The van der Waals surface area contributed by atoms with Crippen molar-refractivity contribution < 1.29 is 0 Å². The highest BCUT2D eigenvalue weighted by atomic mass is 16.1. The van der Waals surface area contributed by atoms with Gasteiger partial charge in [0.1, 0.15) is 0 Å². The molecule has 0 saturated heterocycles. The minimum Gasteiger partial charge on any atom is -0.347 e. The zero-order valence-electron chi connectivity index (χ0n) is 8.52. The average molecular weight is 199 g/mol. The number of hydrogen-bond acceptors (Lipinski definition) is 1. The molecule has 1 heterocycles. The topological polar surface area (TPSA) is 22.0 Å². The van der Waals surface area contributed by atoms with Crippen molar-refractivity contribution in [2.24, 2.45) is 5.92 Å². The first kappa shape index (κ1) is 8.72. The molecule has 3 rings (SSSR count). The Morgan fingerprint density at radius 2 is 2.00 bits per heavy atom. The van der Waals surface area contributed by atoms with Gasteiger partial charge in [0.15, 0.2) is 5.43 Å². The van der Waals surface area contributed by atoms with Crippen molar-refractivity contribution in [3.05, 3.63) is 46.8 Å². The Kier molecular flexibility index (Phi) is 1.88. The van der Waals surface area contributed by atoms with Gasteiger partial charge in [-0.1, -0.05) is 12.1 Å². The van der Waals surface area contributed by atoms with Crippen LogP contribution in [0.1, 0.15) is 12.8 Å². The molecule has 0 unspecified atom stereocenters. The smallest absolute Gasteiger partial charge is 0.189 e.